The summed E-state index contributed by atoms with van der Waals surface area (Å²) in [5.41, 5.74) is 4.22. The summed E-state index contributed by atoms with van der Waals surface area (Å²) < 4.78 is 0. The van der Waals surface area contributed by atoms with Crippen LogP contribution < -0.4 is 5.32 Å². The molecule has 0 radical (unpaired) electrons. The molecule has 0 aliphatic carbocycles. The van der Waals surface area contributed by atoms with Crippen LogP contribution in [0.3, 0.4) is 0 Å². The highest BCUT2D eigenvalue weighted by Gasteiger charge is 2.17. The zero-order chi connectivity index (χ0) is 12.3. The SMILES string of the molecule is Cc1ccc(C)c(C(C)NC2CCCSC2)c1. The van der Waals surface area contributed by atoms with Crippen molar-refractivity contribution in [1.29, 1.82) is 0 Å². The monoisotopic (exact) mass is 249 g/mol. The molecular weight excluding hydrogens is 226 g/mol. The van der Waals surface area contributed by atoms with Gasteiger partial charge >= 0.3 is 0 Å². The van der Waals surface area contributed by atoms with E-state index in [1.165, 1.54) is 41.0 Å². The minimum Gasteiger partial charge on any atom is -0.307 e. The second-order valence-electron chi connectivity index (χ2n) is 5.16. The second-order valence-corrected chi connectivity index (χ2v) is 6.31. The van der Waals surface area contributed by atoms with Gasteiger partial charge < -0.3 is 5.32 Å². The Balaban J connectivity index is 2.02. The molecule has 2 rings (SSSR count). The van der Waals surface area contributed by atoms with Crippen molar-refractivity contribution in [3.05, 3.63) is 34.9 Å². The van der Waals surface area contributed by atoms with E-state index in [1.807, 2.05) is 0 Å². The topological polar surface area (TPSA) is 12.0 Å². The molecule has 0 amide bonds. The zero-order valence-corrected chi connectivity index (χ0v) is 11.9. The van der Waals surface area contributed by atoms with E-state index >= 15 is 0 Å². The standard InChI is InChI=1S/C15H23NS/c1-11-6-7-12(2)15(9-11)13(3)16-14-5-4-8-17-10-14/h6-7,9,13-14,16H,4-5,8,10H2,1-3H3. The van der Waals surface area contributed by atoms with Crippen LogP contribution >= 0.6 is 11.8 Å². The first-order valence-corrected chi connectivity index (χ1v) is 7.73. The van der Waals surface area contributed by atoms with Gasteiger partial charge in [-0.15, -0.1) is 0 Å². The van der Waals surface area contributed by atoms with E-state index < -0.39 is 0 Å². The summed E-state index contributed by atoms with van der Waals surface area (Å²) in [6.07, 6.45) is 2.70. The van der Waals surface area contributed by atoms with Crippen LogP contribution in [0.5, 0.6) is 0 Å². The molecule has 1 saturated heterocycles. The van der Waals surface area contributed by atoms with E-state index in [9.17, 15) is 0 Å². The van der Waals surface area contributed by atoms with Crippen molar-refractivity contribution < 1.29 is 0 Å². The summed E-state index contributed by atoms with van der Waals surface area (Å²) in [6, 6.07) is 7.92. The van der Waals surface area contributed by atoms with Crippen LogP contribution in [0.25, 0.3) is 0 Å². The maximum atomic E-state index is 3.78. The number of hydrogen-bond acceptors (Lipinski definition) is 2. The van der Waals surface area contributed by atoms with Crippen LogP contribution in [0.15, 0.2) is 18.2 Å². The van der Waals surface area contributed by atoms with Crippen molar-refractivity contribution in [2.24, 2.45) is 0 Å². The van der Waals surface area contributed by atoms with Crippen LogP contribution in [-0.4, -0.2) is 17.5 Å². The summed E-state index contributed by atoms with van der Waals surface area (Å²) in [6.45, 7) is 6.68. The molecule has 1 N–H and O–H groups in total. The van der Waals surface area contributed by atoms with Crippen molar-refractivity contribution in [2.45, 2.75) is 45.7 Å². The lowest BCUT2D eigenvalue weighted by Crippen LogP contribution is -2.35. The second kappa shape index (κ2) is 5.92. The van der Waals surface area contributed by atoms with Crippen molar-refractivity contribution in [3.63, 3.8) is 0 Å². The maximum absolute atomic E-state index is 3.78. The van der Waals surface area contributed by atoms with Crippen LogP contribution in [0.4, 0.5) is 0 Å². The van der Waals surface area contributed by atoms with Gasteiger partial charge in [-0.1, -0.05) is 23.8 Å². The van der Waals surface area contributed by atoms with Gasteiger partial charge in [0.2, 0.25) is 0 Å². The van der Waals surface area contributed by atoms with E-state index in [4.69, 9.17) is 0 Å². The van der Waals surface area contributed by atoms with E-state index in [0.29, 0.717) is 12.1 Å². The Labute approximate surface area is 109 Å². The molecule has 0 bridgehead atoms. The number of aryl methyl sites for hydroxylation is 2. The minimum atomic E-state index is 0.471. The first kappa shape index (κ1) is 13.0. The molecule has 0 aromatic heterocycles. The van der Waals surface area contributed by atoms with Gasteiger partial charge in [0.1, 0.15) is 0 Å². The summed E-state index contributed by atoms with van der Waals surface area (Å²) in [4.78, 5) is 0. The summed E-state index contributed by atoms with van der Waals surface area (Å²) in [5, 5.41) is 3.78. The first-order valence-electron chi connectivity index (χ1n) is 6.58. The molecule has 94 valence electrons. The van der Waals surface area contributed by atoms with E-state index in [-0.39, 0.29) is 0 Å². The Morgan fingerprint density at radius 2 is 2.18 bits per heavy atom. The number of hydrogen-bond donors (Lipinski definition) is 1. The Morgan fingerprint density at radius 3 is 2.88 bits per heavy atom. The van der Waals surface area contributed by atoms with Gasteiger partial charge in [-0.3, -0.25) is 0 Å². The summed E-state index contributed by atoms with van der Waals surface area (Å²) in [7, 11) is 0. The average molecular weight is 249 g/mol. The Bertz CT molecular complexity index is 369. The molecule has 2 heteroatoms. The van der Waals surface area contributed by atoms with E-state index in [1.54, 1.807) is 0 Å². The summed E-state index contributed by atoms with van der Waals surface area (Å²) in [5.74, 6) is 2.62. The maximum Gasteiger partial charge on any atom is 0.0297 e. The third-order valence-corrected chi connectivity index (χ3v) is 4.76. The molecule has 1 fully saturated rings. The normalized spacial score (nSPS) is 22.4. The third-order valence-electron chi connectivity index (χ3n) is 3.55. The van der Waals surface area contributed by atoms with Gasteiger partial charge in [0.15, 0.2) is 0 Å². The van der Waals surface area contributed by atoms with E-state index in [2.05, 4.69) is 56.0 Å². The van der Waals surface area contributed by atoms with Gasteiger partial charge in [-0.2, -0.15) is 11.8 Å². The number of rotatable bonds is 3. The molecule has 1 aliphatic rings. The third kappa shape index (κ3) is 3.49. The lowest BCUT2D eigenvalue weighted by Gasteiger charge is -2.27. The fourth-order valence-electron chi connectivity index (χ4n) is 2.54. The highest BCUT2D eigenvalue weighted by atomic mass is 32.2. The Morgan fingerprint density at radius 1 is 1.35 bits per heavy atom. The quantitative estimate of drug-likeness (QED) is 0.873. The Kier molecular flexibility index (Phi) is 4.52. The van der Waals surface area contributed by atoms with Crippen molar-refractivity contribution in [3.8, 4) is 0 Å². The number of benzene rings is 1. The van der Waals surface area contributed by atoms with Crippen LogP contribution in [0, 0.1) is 13.8 Å². The lowest BCUT2D eigenvalue weighted by molar-refractivity contribution is 0.451. The molecule has 1 aromatic carbocycles. The first-order chi connectivity index (χ1) is 8.16. The largest absolute Gasteiger partial charge is 0.307 e. The lowest BCUT2D eigenvalue weighted by atomic mass is 9.99. The molecule has 0 spiro atoms. The molecule has 2 atom stereocenters. The molecule has 0 saturated carbocycles. The van der Waals surface area contributed by atoms with E-state index in [0.717, 1.165) is 0 Å². The van der Waals surface area contributed by atoms with Crippen LogP contribution in [0.2, 0.25) is 0 Å². The molecule has 1 nitrogen and oxygen atoms in total. The van der Waals surface area contributed by atoms with Crippen molar-refractivity contribution in [1.82, 2.24) is 5.32 Å². The van der Waals surface area contributed by atoms with Crippen LogP contribution in [-0.2, 0) is 0 Å². The molecule has 17 heavy (non-hydrogen) atoms. The molecule has 1 aliphatic heterocycles. The van der Waals surface area contributed by atoms with Gasteiger partial charge in [-0.25, -0.2) is 0 Å². The highest BCUT2D eigenvalue weighted by molar-refractivity contribution is 7.99. The van der Waals surface area contributed by atoms with Gasteiger partial charge in [0.05, 0.1) is 0 Å². The number of thioether (sulfide) groups is 1. The molecule has 1 aromatic rings. The zero-order valence-electron chi connectivity index (χ0n) is 11.1. The van der Waals surface area contributed by atoms with Crippen LogP contribution in [0.1, 0.15) is 42.5 Å². The fourth-order valence-corrected chi connectivity index (χ4v) is 3.63. The van der Waals surface area contributed by atoms with Crippen molar-refractivity contribution >= 4 is 11.8 Å². The fraction of sp³-hybridized carbons (Fsp3) is 0.600. The molecular formula is C15H23NS. The van der Waals surface area contributed by atoms with Gasteiger partial charge in [-0.05, 0) is 50.5 Å². The van der Waals surface area contributed by atoms with Gasteiger partial charge in [0, 0.05) is 17.8 Å². The smallest absolute Gasteiger partial charge is 0.0297 e. The Hall–Kier alpha value is -0.470. The number of nitrogens with one attached hydrogen (secondary N) is 1. The average Bonchev–Trinajstić information content (AvgIpc) is 2.33. The predicted octanol–water partition coefficient (Wildman–Crippen LogP) is 3.85. The highest BCUT2D eigenvalue weighted by Crippen LogP contribution is 2.23. The van der Waals surface area contributed by atoms with Gasteiger partial charge in [0.25, 0.3) is 0 Å². The predicted molar refractivity (Wildman–Crippen MR) is 77.8 cm³/mol. The molecule has 2 unspecified atom stereocenters. The molecule has 1 heterocycles. The minimum absolute atomic E-state index is 0.471. The summed E-state index contributed by atoms with van der Waals surface area (Å²) >= 11 is 2.09. The van der Waals surface area contributed by atoms with Crippen molar-refractivity contribution in [2.75, 3.05) is 11.5 Å².